The molecule has 1 rings (SSSR count). The maximum absolute atomic E-state index is 12.9. The van der Waals surface area contributed by atoms with Gasteiger partial charge < -0.3 is 4.74 Å². The summed E-state index contributed by atoms with van der Waals surface area (Å²) in [6.07, 6.45) is 0. The average Bonchev–Trinajstić information content (AvgIpc) is 2.20. The monoisotopic (exact) mass is 202 g/mol. The van der Waals surface area contributed by atoms with Crippen LogP contribution in [0.25, 0.3) is 0 Å². The van der Waals surface area contributed by atoms with E-state index < -0.39 is 24.1 Å². The number of ether oxygens (including phenoxy) is 1. The van der Waals surface area contributed by atoms with Crippen LogP contribution in [0.5, 0.6) is 5.75 Å². The third kappa shape index (κ3) is 2.40. The van der Waals surface area contributed by atoms with E-state index in [1.54, 1.807) is 5.43 Å². The number of hydrogen-bond donors (Lipinski definition) is 2. The Morgan fingerprint density at radius 2 is 2.21 bits per heavy atom. The summed E-state index contributed by atoms with van der Waals surface area (Å²) in [4.78, 5) is 10.6. The number of hydrogen-bond acceptors (Lipinski definition) is 3. The summed E-state index contributed by atoms with van der Waals surface area (Å²) in [7, 11) is 0. The first kappa shape index (κ1) is 10.4. The van der Waals surface area contributed by atoms with Crippen LogP contribution < -0.4 is 16.0 Å². The van der Waals surface area contributed by atoms with Crippen molar-refractivity contribution < 1.29 is 18.3 Å². The molecule has 0 saturated heterocycles. The molecule has 0 spiro atoms. The number of halogens is 2. The van der Waals surface area contributed by atoms with Crippen molar-refractivity contribution in [2.45, 2.75) is 0 Å². The zero-order valence-corrected chi connectivity index (χ0v) is 7.09. The molecule has 0 fully saturated rings. The molecule has 1 amide bonds. The van der Waals surface area contributed by atoms with Gasteiger partial charge in [-0.25, -0.2) is 10.2 Å². The number of carbonyl (C=O) groups is 1. The van der Waals surface area contributed by atoms with Gasteiger partial charge in [-0.15, -0.1) is 0 Å². The molecule has 0 aliphatic rings. The topological polar surface area (TPSA) is 64.3 Å². The molecule has 3 N–H and O–H groups in total. The molecule has 4 nitrogen and oxygen atoms in total. The van der Waals surface area contributed by atoms with Gasteiger partial charge in [0.05, 0.1) is 0 Å². The second-order valence-electron chi connectivity index (χ2n) is 2.41. The number of rotatable bonds is 3. The van der Waals surface area contributed by atoms with E-state index in [2.05, 4.69) is 4.74 Å². The lowest BCUT2D eigenvalue weighted by atomic mass is 10.3. The largest absolute Gasteiger partial charge is 0.481 e. The normalized spacial score (nSPS) is 9.64. The number of nitrogens with two attached hydrogens (primary N) is 1. The van der Waals surface area contributed by atoms with Gasteiger partial charge in [-0.05, 0) is 12.1 Å². The van der Waals surface area contributed by atoms with Crippen molar-refractivity contribution in [3.63, 3.8) is 0 Å². The smallest absolute Gasteiger partial charge is 0.271 e. The molecule has 0 aliphatic heterocycles. The molecule has 14 heavy (non-hydrogen) atoms. The van der Waals surface area contributed by atoms with Crippen molar-refractivity contribution in [1.29, 1.82) is 0 Å². The van der Waals surface area contributed by atoms with Gasteiger partial charge in [0.25, 0.3) is 5.91 Å². The Bertz CT molecular complexity index is 344. The molecular weight excluding hydrogens is 194 g/mol. The van der Waals surface area contributed by atoms with Crippen LogP contribution in [0, 0.1) is 11.6 Å². The molecule has 0 aliphatic carbocycles. The summed E-state index contributed by atoms with van der Waals surface area (Å²) in [6.45, 7) is -0.461. The summed E-state index contributed by atoms with van der Waals surface area (Å²) >= 11 is 0. The van der Waals surface area contributed by atoms with Gasteiger partial charge in [0.1, 0.15) is 0 Å². The van der Waals surface area contributed by atoms with E-state index in [4.69, 9.17) is 5.84 Å². The van der Waals surface area contributed by atoms with Gasteiger partial charge in [-0.1, -0.05) is 6.07 Å². The second-order valence-corrected chi connectivity index (χ2v) is 2.41. The zero-order valence-electron chi connectivity index (χ0n) is 7.09. The maximum atomic E-state index is 12.9. The number of carbonyl (C=O) groups excluding carboxylic acids is 1. The Morgan fingerprint density at radius 1 is 1.50 bits per heavy atom. The average molecular weight is 202 g/mol. The summed E-state index contributed by atoms with van der Waals surface area (Å²) in [5, 5.41) is 0. The lowest BCUT2D eigenvalue weighted by Crippen LogP contribution is -2.34. The van der Waals surface area contributed by atoms with Gasteiger partial charge >= 0.3 is 0 Å². The molecule has 0 aromatic heterocycles. The Balaban J connectivity index is 2.68. The van der Waals surface area contributed by atoms with Crippen LogP contribution in [0.4, 0.5) is 8.78 Å². The highest BCUT2D eigenvalue weighted by Crippen LogP contribution is 2.18. The van der Waals surface area contributed by atoms with Crippen molar-refractivity contribution >= 4 is 5.91 Å². The number of nitrogens with one attached hydrogen (secondary N) is 1. The van der Waals surface area contributed by atoms with Crippen molar-refractivity contribution in [3.8, 4) is 5.75 Å². The number of hydrazine groups is 1. The van der Waals surface area contributed by atoms with Crippen LogP contribution in [-0.2, 0) is 4.79 Å². The first-order chi connectivity index (χ1) is 6.65. The first-order valence-corrected chi connectivity index (χ1v) is 3.71. The summed E-state index contributed by atoms with van der Waals surface area (Å²) in [5.41, 5.74) is 1.79. The van der Waals surface area contributed by atoms with Crippen LogP contribution in [-0.4, -0.2) is 12.5 Å². The molecular formula is C8H8F2N2O2. The molecule has 1 aromatic rings. The highest BCUT2D eigenvalue weighted by Gasteiger charge is 2.09. The molecule has 0 heterocycles. The molecule has 1 aromatic carbocycles. The van der Waals surface area contributed by atoms with Crippen molar-refractivity contribution in [1.82, 2.24) is 5.43 Å². The van der Waals surface area contributed by atoms with E-state index in [1.165, 1.54) is 12.1 Å². The standard InChI is InChI=1S/C8H8F2N2O2/c9-5-2-1-3-6(8(5)10)14-4-7(13)12-11/h1-3H,4,11H2,(H,12,13). The number of benzene rings is 1. The Hall–Kier alpha value is -1.69. The molecule has 6 heteroatoms. The highest BCUT2D eigenvalue weighted by atomic mass is 19.2. The zero-order chi connectivity index (χ0) is 10.6. The minimum atomic E-state index is -1.13. The van der Waals surface area contributed by atoms with Crippen LogP contribution in [0.15, 0.2) is 18.2 Å². The van der Waals surface area contributed by atoms with Gasteiger partial charge in [-0.2, -0.15) is 4.39 Å². The molecule has 0 bridgehead atoms. The molecule has 0 radical (unpaired) electrons. The summed E-state index contributed by atoms with van der Waals surface area (Å²) in [5.74, 6) is 1.64. The quantitative estimate of drug-likeness (QED) is 0.422. The van der Waals surface area contributed by atoms with Gasteiger partial charge in [0, 0.05) is 0 Å². The predicted octanol–water partition coefficient (Wildman–Crippen LogP) is 0.334. The lowest BCUT2D eigenvalue weighted by Gasteiger charge is -2.05. The first-order valence-electron chi connectivity index (χ1n) is 3.71. The van der Waals surface area contributed by atoms with E-state index in [9.17, 15) is 13.6 Å². The van der Waals surface area contributed by atoms with Gasteiger partial charge in [0.15, 0.2) is 18.2 Å². The summed E-state index contributed by atoms with van der Waals surface area (Å²) in [6, 6.07) is 3.43. The molecule has 76 valence electrons. The van der Waals surface area contributed by atoms with Crippen LogP contribution in [0.2, 0.25) is 0 Å². The molecule has 0 saturated carbocycles. The SMILES string of the molecule is NNC(=O)COc1cccc(F)c1F. The minimum Gasteiger partial charge on any atom is -0.481 e. The van der Waals surface area contributed by atoms with E-state index >= 15 is 0 Å². The number of amides is 1. The summed E-state index contributed by atoms with van der Waals surface area (Å²) < 4.78 is 30.2. The molecule has 0 atom stereocenters. The van der Waals surface area contributed by atoms with Crippen molar-refractivity contribution in [3.05, 3.63) is 29.8 Å². The Morgan fingerprint density at radius 3 is 2.86 bits per heavy atom. The van der Waals surface area contributed by atoms with Crippen molar-refractivity contribution in [2.75, 3.05) is 6.61 Å². The predicted molar refractivity (Wildman–Crippen MR) is 44.2 cm³/mol. The fourth-order valence-corrected chi connectivity index (χ4v) is 0.780. The van der Waals surface area contributed by atoms with Crippen LogP contribution in [0.3, 0.4) is 0 Å². The minimum absolute atomic E-state index is 0.325. The van der Waals surface area contributed by atoms with Crippen LogP contribution in [0.1, 0.15) is 0 Å². The van der Waals surface area contributed by atoms with E-state index in [0.717, 1.165) is 6.07 Å². The lowest BCUT2D eigenvalue weighted by molar-refractivity contribution is -0.123. The van der Waals surface area contributed by atoms with Crippen LogP contribution >= 0.6 is 0 Å². The van der Waals surface area contributed by atoms with Gasteiger partial charge in [0.2, 0.25) is 5.82 Å². The highest BCUT2D eigenvalue weighted by molar-refractivity contribution is 5.76. The Labute approximate surface area is 78.6 Å². The maximum Gasteiger partial charge on any atom is 0.271 e. The van der Waals surface area contributed by atoms with E-state index in [0.29, 0.717) is 0 Å². The fraction of sp³-hybridized carbons (Fsp3) is 0.125. The third-order valence-electron chi connectivity index (χ3n) is 1.44. The Kier molecular flexibility index (Phi) is 3.35. The van der Waals surface area contributed by atoms with Gasteiger partial charge in [-0.3, -0.25) is 10.2 Å². The van der Waals surface area contributed by atoms with E-state index in [1.807, 2.05) is 0 Å². The fourth-order valence-electron chi connectivity index (χ4n) is 0.780. The second kappa shape index (κ2) is 4.52. The molecule has 0 unspecified atom stereocenters. The van der Waals surface area contributed by atoms with Crippen molar-refractivity contribution in [2.24, 2.45) is 5.84 Å². The third-order valence-corrected chi connectivity index (χ3v) is 1.44. The van der Waals surface area contributed by atoms with E-state index in [-0.39, 0.29) is 5.75 Å².